The third kappa shape index (κ3) is 21.8. The average Bonchev–Trinajstić information content (AvgIpc) is 2.69. The summed E-state index contributed by atoms with van der Waals surface area (Å²) in [6.45, 7) is 0.621. The number of carbonyl (C=O) groups excluding carboxylic acids is 3. The summed E-state index contributed by atoms with van der Waals surface area (Å²) in [7, 11) is 0. The molecule has 0 fully saturated rings. The van der Waals surface area contributed by atoms with Crippen molar-refractivity contribution in [2.24, 2.45) is 0 Å². The molecule has 0 atom stereocenters. The van der Waals surface area contributed by atoms with Gasteiger partial charge in [0.1, 0.15) is 11.9 Å². The van der Waals surface area contributed by atoms with Gasteiger partial charge in [-0.25, -0.2) is 9.78 Å². The van der Waals surface area contributed by atoms with Gasteiger partial charge in [0.2, 0.25) is 0 Å². The monoisotopic (exact) mass is 476 g/mol. The lowest BCUT2D eigenvalue weighted by molar-refractivity contribution is -0.274. The van der Waals surface area contributed by atoms with Crippen LogP contribution >= 0.6 is 35.3 Å². The maximum absolute atomic E-state index is 11.5. The summed E-state index contributed by atoms with van der Waals surface area (Å²) in [5.41, 5.74) is 0. The highest BCUT2D eigenvalue weighted by Crippen LogP contribution is 2.06. The van der Waals surface area contributed by atoms with Gasteiger partial charge in [0.25, 0.3) is 0 Å². The topological polar surface area (TPSA) is 138 Å². The van der Waals surface area contributed by atoms with E-state index in [1.165, 1.54) is 23.5 Å². The minimum atomic E-state index is -0.450. The predicted octanol–water partition coefficient (Wildman–Crippen LogP) is 0.444. The molecule has 0 aromatic carbocycles. The first kappa shape index (κ1) is 28.3. The molecule has 0 radical (unpaired) electrons. The number of aliphatic hydroxyl groups is 2. The van der Waals surface area contributed by atoms with Gasteiger partial charge in [-0.15, -0.1) is 23.5 Å². The van der Waals surface area contributed by atoms with Crippen LogP contribution in [0.4, 0.5) is 0 Å². The van der Waals surface area contributed by atoms with Crippen molar-refractivity contribution < 1.29 is 48.6 Å². The zero-order valence-corrected chi connectivity index (χ0v) is 18.5. The molecular formula is C16H28O10S3. The fraction of sp³-hybridized carbons (Fsp3) is 0.812. The third-order valence-electron chi connectivity index (χ3n) is 2.62. The first-order chi connectivity index (χ1) is 14.1. The van der Waals surface area contributed by atoms with Crippen LogP contribution in [0.5, 0.6) is 0 Å². The maximum atomic E-state index is 11.5. The van der Waals surface area contributed by atoms with Crippen molar-refractivity contribution in [1.82, 2.24) is 0 Å². The first-order valence-corrected chi connectivity index (χ1v) is 12.2. The van der Waals surface area contributed by atoms with Gasteiger partial charge in [-0.2, -0.15) is 0 Å². The number of aliphatic hydroxyl groups excluding tert-OH is 2. The van der Waals surface area contributed by atoms with Crippen molar-refractivity contribution in [2.45, 2.75) is 12.8 Å². The molecule has 0 spiro atoms. The SMILES string of the molecule is O=C(CSCCOOCSCOC(=O)CSCC(=O)OCCCO)OCCCO. The van der Waals surface area contributed by atoms with Crippen molar-refractivity contribution in [3.63, 3.8) is 0 Å². The number of carbonyl (C=O) groups is 3. The van der Waals surface area contributed by atoms with E-state index in [-0.39, 0.29) is 61.5 Å². The number of rotatable bonds is 20. The standard InChI is InChI=1S/C16H28O10S3/c17-3-1-5-22-14(19)9-27-8-7-25-26-13-29-12-24-16(21)11-28-10-15(20)23-6-2-4-18/h17-18H,1-13H2. The molecule has 0 saturated heterocycles. The Hall–Kier alpha value is -0.700. The van der Waals surface area contributed by atoms with Crippen molar-refractivity contribution in [2.75, 3.05) is 67.9 Å². The van der Waals surface area contributed by atoms with E-state index in [0.29, 0.717) is 25.2 Å². The zero-order valence-electron chi connectivity index (χ0n) is 16.1. The summed E-state index contributed by atoms with van der Waals surface area (Å²) >= 11 is 3.63. The van der Waals surface area contributed by atoms with E-state index in [1.807, 2.05) is 0 Å². The molecule has 170 valence electrons. The van der Waals surface area contributed by atoms with E-state index < -0.39 is 11.9 Å². The Labute approximate surface area is 182 Å². The van der Waals surface area contributed by atoms with Crippen LogP contribution in [0.3, 0.4) is 0 Å². The average molecular weight is 477 g/mol. The van der Waals surface area contributed by atoms with Crippen LogP contribution in [0.15, 0.2) is 0 Å². The molecular weight excluding hydrogens is 448 g/mol. The highest BCUT2D eigenvalue weighted by molar-refractivity contribution is 8.00. The van der Waals surface area contributed by atoms with Crippen LogP contribution in [-0.2, 0) is 38.4 Å². The Morgan fingerprint density at radius 3 is 1.76 bits per heavy atom. The van der Waals surface area contributed by atoms with Gasteiger partial charge in [0.05, 0.1) is 37.1 Å². The number of esters is 3. The summed E-state index contributed by atoms with van der Waals surface area (Å²) in [5, 5.41) is 17.1. The van der Waals surface area contributed by atoms with Crippen molar-refractivity contribution >= 4 is 53.2 Å². The lowest BCUT2D eigenvalue weighted by Crippen LogP contribution is -2.13. The predicted molar refractivity (Wildman–Crippen MR) is 110 cm³/mol. The molecule has 0 aromatic heterocycles. The molecule has 13 heteroatoms. The van der Waals surface area contributed by atoms with Gasteiger partial charge in [0, 0.05) is 31.8 Å². The smallest absolute Gasteiger partial charge is 0.316 e. The molecule has 0 aliphatic heterocycles. The summed E-state index contributed by atoms with van der Waals surface area (Å²) < 4.78 is 14.6. The minimum Gasteiger partial charge on any atom is -0.465 e. The van der Waals surface area contributed by atoms with E-state index in [1.54, 1.807) is 0 Å². The summed E-state index contributed by atoms with van der Waals surface area (Å²) in [5.74, 6) is -0.119. The lowest BCUT2D eigenvalue weighted by Gasteiger charge is -2.06. The Balaban J connectivity index is 3.32. The second kappa shape index (κ2) is 22.0. The normalized spacial score (nSPS) is 10.6. The molecule has 0 bridgehead atoms. The van der Waals surface area contributed by atoms with Gasteiger partial charge in [-0.05, 0) is 0 Å². The van der Waals surface area contributed by atoms with Crippen LogP contribution in [0.2, 0.25) is 0 Å². The number of hydrogen-bond donors (Lipinski definition) is 2. The molecule has 0 heterocycles. The Bertz CT molecular complexity index is 439. The quantitative estimate of drug-likeness (QED) is 0.0628. The molecule has 29 heavy (non-hydrogen) atoms. The fourth-order valence-corrected chi connectivity index (χ4v) is 2.96. The number of ether oxygens (including phenoxy) is 3. The molecule has 0 aliphatic rings. The van der Waals surface area contributed by atoms with Gasteiger partial charge in [0.15, 0.2) is 0 Å². The van der Waals surface area contributed by atoms with Crippen LogP contribution in [0.25, 0.3) is 0 Å². The molecule has 2 N–H and O–H groups in total. The molecule has 0 unspecified atom stereocenters. The van der Waals surface area contributed by atoms with E-state index in [9.17, 15) is 14.4 Å². The summed E-state index contributed by atoms with van der Waals surface area (Å²) in [4.78, 5) is 43.8. The second-order valence-corrected chi connectivity index (χ2v) is 8.01. The molecule has 0 amide bonds. The van der Waals surface area contributed by atoms with E-state index in [4.69, 9.17) is 34.2 Å². The zero-order chi connectivity index (χ0) is 21.6. The fourth-order valence-electron chi connectivity index (χ4n) is 1.36. The Kier molecular flexibility index (Phi) is 21.5. The van der Waals surface area contributed by atoms with E-state index >= 15 is 0 Å². The summed E-state index contributed by atoms with van der Waals surface area (Å²) in [6.07, 6.45) is 0.820. The van der Waals surface area contributed by atoms with E-state index in [0.717, 1.165) is 11.8 Å². The van der Waals surface area contributed by atoms with Crippen LogP contribution in [-0.4, -0.2) is 96.0 Å². The van der Waals surface area contributed by atoms with Gasteiger partial charge in [-0.3, -0.25) is 14.4 Å². The first-order valence-electron chi connectivity index (χ1n) is 8.76. The number of hydrogen-bond acceptors (Lipinski definition) is 13. The molecule has 0 saturated carbocycles. The van der Waals surface area contributed by atoms with Crippen molar-refractivity contribution in [3.8, 4) is 0 Å². The Morgan fingerprint density at radius 2 is 1.17 bits per heavy atom. The Morgan fingerprint density at radius 1 is 0.621 bits per heavy atom. The highest BCUT2D eigenvalue weighted by atomic mass is 32.2. The summed E-state index contributed by atoms with van der Waals surface area (Å²) in [6, 6.07) is 0. The van der Waals surface area contributed by atoms with Crippen molar-refractivity contribution in [3.05, 3.63) is 0 Å². The van der Waals surface area contributed by atoms with Crippen LogP contribution < -0.4 is 0 Å². The molecule has 0 aromatic rings. The van der Waals surface area contributed by atoms with Gasteiger partial charge < -0.3 is 24.4 Å². The van der Waals surface area contributed by atoms with Crippen LogP contribution in [0.1, 0.15) is 12.8 Å². The van der Waals surface area contributed by atoms with Crippen LogP contribution in [0, 0.1) is 0 Å². The third-order valence-corrected chi connectivity index (χ3v) is 4.94. The van der Waals surface area contributed by atoms with Crippen molar-refractivity contribution in [1.29, 1.82) is 0 Å². The molecule has 0 aliphatic carbocycles. The largest absolute Gasteiger partial charge is 0.465 e. The molecule has 0 rings (SSSR count). The highest BCUT2D eigenvalue weighted by Gasteiger charge is 2.08. The second-order valence-electron chi connectivity index (χ2n) is 5.04. The van der Waals surface area contributed by atoms with Gasteiger partial charge in [-0.1, -0.05) is 11.8 Å². The van der Waals surface area contributed by atoms with E-state index in [2.05, 4.69) is 0 Å². The lowest BCUT2D eigenvalue weighted by atomic mass is 10.5. The van der Waals surface area contributed by atoms with Gasteiger partial charge >= 0.3 is 17.9 Å². The molecule has 10 nitrogen and oxygen atoms in total. The maximum Gasteiger partial charge on any atom is 0.316 e. The number of thioether (sulfide) groups is 3. The minimum absolute atomic E-state index is 0.00897.